The molecule has 0 spiro atoms. The van der Waals surface area contributed by atoms with Gasteiger partial charge in [0.15, 0.2) is 0 Å². The van der Waals surface area contributed by atoms with Crippen molar-refractivity contribution in [3.8, 4) is 0 Å². The van der Waals surface area contributed by atoms with Crippen LogP contribution in [0.15, 0.2) is 30.3 Å². The number of ether oxygens (including phenoxy) is 1. The van der Waals surface area contributed by atoms with Crippen molar-refractivity contribution in [2.75, 3.05) is 43.4 Å². The van der Waals surface area contributed by atoms with Crippen molar-refractivity contribution in [3.63, 3.8) is 0 Å². The van der Waals surface area contributed by atoms with Gasteiger partial charge >= 0.3 is 0 Å². The molecule has 1 fully saturated rings. The van der Waals surface area contributed by atoms with Crippen LogP contribution >= 0.6 is 0 Å². The Kier molecular flexibility index (Phi) is 5.79. The van der Waals surface area contributed by atoms with Crippen molar-refractivity contribution >= 4 is 21.6 Å². The number of para-hydroxylation sites is 1. The molecule has 22 heavy (non-hydrogen) atoms. The molecule has 1 aromatic rings. The first-order chi connectivity index (χ1) is 10.5. The van der Waals surface area contributed by atoms with Gasteiger partial charge in [-0.3, -0.25) is 9.10 Å². The van der Waals surface area contributed by atoms with Crippen LogP contribution in [0.4, 0.5) is 5.69 Å². The molecule has 0 atom stereocenters. The quantitative estimate of drug-likeness (QED) is 0.785. The Hall–Kier alpha value is -1.60. The minimum Gasteiger partial charge on any atom is -0.378 e. The van der Waals surface area contributed by atoms with E-state index in [1.54, 1.807) is 29.2 Å². The Morgan fingerprint density at radius 3 is 2.45 bits per heavy atom. The van der Waals surface area contributed by atoms with Gasteiger partial charge in [0.25, 0.3) is 0 Å². The largest absolute Gasteiger partial charge is 0.378 e. The third-order valence-corrected chi connectivity index (χ3v) is 4.75. The number of carbonyl (C=O) groups is 1. The number of sulfonamides is 1. The Labute approximate surface area is 131 Å². The molecule has 1 saturated heterocycles. The van der Waals surface area contributed by atoms with Crippen molar-refractivity contribution in [2.45, 2.75) is 12.8 Å². The lowest BCUT2D eigenvalue weighted by Gasteiger charge is -2.27. The van der Waals surface area contributed by atoms with E-state index in [1.165, 1.54) is 10.6 Å². The molecule has 0 radical (unpaired) electrons. The highest BCUT2D eigenvalue weighted by Gasteiger charge is 2.19. The second-order valence-electron chi connectivity index (χ2n) is 5.27. The van der Waals surface area contributed by atoms with Gasteiger partial charge in [-0.05, 0) is 18.6 Å². The van der Waals surface area contributed by atoms with Crippen LogP contribution in [0.1, 0.15) is 12.8 Å². The predicted octanol–water partition coefficient (Wildman–Crippen LogP) is 1.09. The monoisotopic (exact) mass is 326 g/mol. The lowest BCUT2D eigenvalue weighted by atomic mass is 10.2. The van der Waals surface area contributed by atoms with E-state index in [4.69, 9.17) is 4.74 Å². The number of hydrogen-bond donors (Lipinski definition) is 0. The minimum atomic E-state index is -3.35. The Balaban J connectivity index is 1.91. The zero-order chi connectivity index (χ0) is 16.0. The first-order valence-corrected chi connectivity index (χ1v) is 9.21. The molecule has 122 valence electrons. The number of morpholine rings is 1. The highest BCUT2D eigenvalue weighted by molar-refractivity contribution is 7.92. The van der Waals surface area contributed by atoms with E-state index in [0.29, 0.717) is 51.4 Å². The molecule has 2 rings (SSSR count). The third kappa shape index (κ3) is 4.71. The van der Waals surface area contributed by atoms with Gasteiger partial charge in [-0.25, -0.2) is 8.42 Å². The fourth-order valence-electron chi connectivity index (χ4n) is 2.43. The number of nitrogens with zero attached hydrogens (tertiary/aromatic N) is 2. The normalized spacial score (nSPS) is 15.6. The van der Waals surface area contributed by atoms with Crippen molar-refractivity contribution in [2.24, 2.45) is 0 Å². The molecular weight excluding hydrogens is 304 g/mol. The van der Waals surface area contributed by atoms with E-state index in [9.17, 15) is 13.2 Å². The highest BCUT2D eigenvalue weighted by Crippen LogP contribution is 2.17. The molecule has 0 saturated carbocycles. The van der Waals surface area contributed by atoms with Crippen LogP contribution in [0.5, 0.6) is 0 Å². The van der Waals surface area contributed by atoms with Gasteiger partial charge in [0.1, 0.15) is 0 Å². The molecule has 6 nitrogen and oxygen atoms in total. The smallest absolute Gasteiger partial charge is 0.232 e. The summed E-state index contributed by atoms with van der Waals surface area (Å²) in [7, 11) is -3.35. The summed E-state index contributed by atoms with van der Waals surface area (Å²) in [5.74, 6) is 0.0600. The van der Waals surface area contributed by atoms with Crippen LogP contribution in [0.2, 0.25) is 0 Å². The maximum atomic E-state index is 12.1. The number of anilines is 1. The second-order valence-corrected chi connectivity index (χ2v) is 7.17. The third-order valence-electron chi connectivity index (χ3n) is 3.56. The lowest BCUT2D eigenvalue weighted by molar-refractivity contribution is -0.135. The van der Waals surface area contributed by atoms with Gasteiger partial charge in [0.2, 0.25) is 15.9 Å². The number of carbonyl (C=O) groups excluding carboxylic acids is 1. The topological polar surface area (TPSA) is 66.9 Å². The molecule has 1 amide bonds. The predicted molar refractivity (Wildman–Crippen MR) is 85.3 cm³/mol. The fourth-order valence-corrected chi connectivity index (χ4v) is 3.39. The Morgan fingerprint density at radius 2 is 1.86 bits per heavy atom. The van der Waals surface area contributed by atoms with Crippen molar-refractivity contribution in [1.82, 2.24) is 4.90 Å². The van der Waals surface area contributed by atoms with Gasteiger partial charge < -0.3 is 9.64 Å². The van der Waals surface area contributed by atoms with Crippen LogP contribution in [-0.2, 0) is 19.6 Å². The molecule has 1 heterocycles. The maximum Gasteiger partial charge on any atom is 0.232 e. The molecular formula is C15H22N2O4S. The molecule has 1 aromatic carbocycles. The molecule has 1 aliphatic heterocycles. The molecule has 0 N–H and O–H groups in total. The fraction of sp³-hybridized carbons (Fsp3) is 0.533. The zero-order valence-electron chi connectivity index (χ0n) is 12.8. The standard InChI is InChI=1S/C15H22N2O4S/c1-22(19,20)17(14-6-3-2-4-7-14)9-5-8-15(18)16-10-12-21-13-11-16/h2-4,6-7H,5,8-13H2,1H3. The summed E-state index contributed by atoms with van der Waals surface area (Å²) < 4.78 is 30.4. The molecule has 1 aliphatic rings. The first-order valence-electron chi connectivity index (χ1n) is 7.37. The van der Waals surface area contributed by atoms with Gasteiger partial charge in [0.05, 0.1) is 25.2 Å². The van der Waals surface area contributed by atoms with E-state index in [-0.39, 0.29) is 5.91 Å². The summed E-state index contributed by atoms with van der Waals surface area (Å²) in [6.07, 6.45) is 2.03. The van der Waals surface area contributed by atoms with Gasteiger partial charge in [-0.15, -0.1) is 0 Å². The number of amides is 1. The van der Waals surface area contributed by atoms with Crippen LogP contribution in [0.25, 0.3) is 0 Å². The van der Waals surface area contributed by atoms with Crippen LogP contribution in [0, 0.1) is 0 Å². The van der Waals surface area contributed by atoms with E-state index in [2.05, 4.69) is 0 Å². The molecule has 0 aliphatic carbocycles. The first kappa shape index (κ1) is 16.8. The zero-order valence-corrected chi connectivity index (χ0v) is 13.6. The minimum absolute atomic E-state index is 0.0600. The van der Waals surface area contributed by atoms with Crippen molar-refractivity contribution in [3.05, 3.63) is 30.3 Å². The van der Waals surface area contributed by atoms with Gasteiger partial charge in [-0.1, -0.05) is 18.2 Å². The molecule has 0 bridgehead atoms. The number of rotatable bonds is 6. The Morgan fingerprint density at radius 1 is 1.23 bits per heavy atom. The summed E-state index contributed by atoms with van der Waals surface area (Å²) in [5, 5.41) is 0. The average Bonchev–Trinajstić information content (AvgIpc) is 2.52. The maximum absolute atomic E-state index is 12.1. The lowest BCUT2D eigenvalue weighted by Crippen LogP contribution is -2.41. The van der Waals surface area contributed by atoms with E-state index >= 15 is 0 Å². The SMILES string of the molecule is CS(=O)(=O)N(CCCC(=O)N1CCOCC1)c1ccccc1. The molecule has 7 heteroatoms. The van der Waals surface area contributed by atoms with E-state index in [1.807, 2.05) is 6.07 Å². The van der Waals surface area contributed by atoms with Crippen LogP contribution in [-0.4, -0.2) is 58.3 Å². The van der Waals surface area contributed by atoms with Crippen LogP contribution < -0.4 is 4.31 Å². The van der Waals surface area contributed by atoms with Gasteiger partial charge in [0, 0.05) is 26.1 Å². The molecule has 0 unspecified atom stereocenters. The summed E-state index contributed by atoms with van der Waals surface area (Å²) in [4.78, 5) is 13.8. The van der Waals surface area contributed by atoms with E-state index in [0.717, 1.165) is 0 Å². The van der Waals surface area contributed by atoms with Crippen LogP contribution in [0.3, 0.4) is 0 Å². The Bertz CT molecular complexity index is 583. The summed E-state index contributed by atoms with van der Waals surface area (Å²) in [5.41, 5.74) is 0.629. The second kappa shape index (κ2) is 7.60. The summed E-state index contributed by atoms with van der Waals surface area (Å²) >= 11 is 0. The van der Waals surface area contributed by atoms with Gasteiger partial charge in [-0.2, -0.15) is 0 Å². The number of benzene rings is 1. The summed E-state index contributed by atoms with van der Waals surface area (Å²) in [6.45, 7) is 2.69. The number of hydrogen-bond acceptors (Lipinski definition) is 4. The highest BCUT2D eigenvalue weighted by atomic mass is 32.2. The van der Waals surface area contributed by atoms with E-state index < -0.39 is 10.0 Å². The summed E-state index contributed by atoms with van der Waals surface area (Å²) in [6, 6.07) is 8.94. The van der Waals surface area contributed by atoms with Crippen molar-refractivity contribution in [1.29, 1.82) is 0 Å². The average molecular weight is 326 g/mol. The van der Waals surface area contributed by atoms with Crippen molar-refractivity contribution < 1.29 is 17.9 Å². The molecule has 0 aromatic heterocycles.